The quantitative estimate of drug-likeness (QED) is 0.695. The molecule has 0 aliphatic rings. The maximum absolute atomic E-state index is 12.8. The van der Waals surface area contributed by atoms with Crippen molar-refractivity contribution in [3.63, 3.8) is 0 Å². The molecular formula is C19H24N2O6S. The van der Waals surface area contributed by atoms with Gasteiger partial charge in [-0.1, -0.05) is 13.0 Å². The molecule has 0 fully saturated rings. The first kappa shape index (κ1) is 21.4. The van der Waals surface area contributed by atoms with E-state index in [-0.39, 0.29) is 16.5 Å². The van der Waals surface area contributed by atoms with Crippen molar-refractivity contribution in [1.82, 2.24) is 0 Å². The van der Waals surface area contributed by atoms with Gasteiger partial charge in [-0.15, -0.1) is 0 Å². The molecule has 0 saturated heterocycles. The highest BCUT2D eigenvalue weighted by molar-refractivity contribution is 7.92. The predicted molar refractivity (Wildman–Crippen MR) is 107 cm³/mol. The van der Waals surface area contributed by atoms with Gasteiger partial charge >= 0.3 is 0 Å². The molecule has 0 aromatic heterocycles. The molecule has 0 radical (unpaired) electrons. The van der Waals surface area contributed by atoms with Crippen LogP contribution in [-0.2, 0) is 14.8 Å². The van der Waals surface area contributed by atoms with Crippen LogP contribution in [0.3, 0.4) is 0 Å². The number of anilines is 2. The van der Waals surface area contributed by atoms with E-state index in [1.165, 1.54) is 45.6 Å². The van der Waals surface area contributed by atoms with Crippen molar-refractivity contribution in [2.24, 2.45) is 0 Å². The lowest BCUT2D eigenvalue weighted by atomic mass is 10.2. The number of hydrogen-bond donors (Lipinski definition) is 2. The number of hydrogen-bond acceptors (Lipinski definition) is 6. The summed E-state index contributed by atoms with van der Waals surface area (Å²) in [6.45, 7) is 3.51. The third kappa shape index (κ3) is 4.66. The molecule has 0 unspecified atom stereocenters. The molecule has 9 heteroatoms. The summed E-state index contributed by atoms with van der Waals surface area (Å²) in [5.41, 5.74) is 1.45. The molecule has 0 spiro atoms. The summed E-state index contributed by atoms with van der Waals surface area (Å²) in [5, 5.41) is 2.70. The van der Waals surface area contributed by atoms with Crippen LogP contribution in [0.25, 0.3) is 0 Å². The van der Waals surface area contributed by atoms with E-state index < -0.39 is 10.0 Å². The average Bonchev–Trinajstić information content (AvgIpc) is 2.68. The molecule has 1 amide bonds. The van der Waals surface area contributed by atoms with Crippen molar-refractivity contribution < 1.29 is 27.4 Å². The Labute approximate surface area is 164 Å². The van der Waals surface area contributed by atoms with E-state index in [0.29, 0.717) is 29.4 Å². The van der Waals surface area contributed by atoms with Crippen molar-refractivity contribution in [3.05, 3.63) is 35.9 Å². The number of benzene rings is 2. The first-order chi connectivity index (χ1) is 13.2. The molecule has 2 N–H and O–H groups in total. The zero-order valence-electron chi connectivity index (χ0n) is 16.5. The molecule has 0 saturated carbocycles. The molecule has 152 valence electrons. The third-order valence-corrected chi connectivity index (χ3v) is 5.41. The first-order valence-corrected chi connectivity index (χ1v) is 9.97. The fraction of sp³-hybridized carbons (Fsp3) is 0.316. The predicted octanol–water partition coefficient (Wildman–Crippen LogP) is 3.17. The number of sulfonamides is 1. The molecule has 28 heavy (non-hydrogen) atoms. The minimum Gasteiger partial charge on any atom is -0.493 e. The van der Waals surface area contributed by atoms with Gasteiger partial charge in [-0.3, -0.25) is 9.52 Å². The Bertz CT molecular complexity index is 947. The van der Waals surface area contributed by atoms with Gasteiger partial charge in [-0.2, -0.15) is 0 Å². The van der Waals surface area contributed by atoms with Crippen LogP contribution in [0.4, 0.5) is 11.4 Å². The maximum Gasteiger partial charge on any atom is 0.261 e. The SMILES string of the molecule is CCC(=O)Nc1cc(S(=O)(=O)Nc2cc(OC)c(OC)c(OC)c2)ccc1C. The minimum absolute atomic E-state index is 0.0123. The fourth-order valence-electron chi connectivity index (χ4n) is 2.50. The molecular weight excluding hydrogens is 384 g/mol. The van der Waals surface area contributed by atoms with Crippen molar-refractivity contribution in [2.45, 2.75) is 25.2 Å². The van der Waals surface area contributed by atoms with Crippen molar-refractivity contribution in [3.8, 4) is 17.2 Å². The molecule has 8 nitrogen and oxygen atoms in total. The van der Waals surface area contributed by atoms with E-state index >= 15 is 0 Å². The Balaban J connectivity index is 2.41. The van der Waals surface area contributed by atoms with E-state index in [2.05, 4.69) is 10.0 Å². The highest BCUT2D eigenvalue weighted by Gasteiger charge is 2.19. The lowest BCUT2D eigenvalue weighted by molar-refractivity contribution is -0.115. The van der Waals surface area contributed by atoms with Crippen LogP contribution in [0.15, 0.2) is 35.2 Å². The fourth-order valence-corrected chi connectivity index (χ4v) is 3.56. The van der Waals surface area contributed by atoms with Crippen LogP contribution < -0.4 is 24.2 Å². The average molecular weight is 408 g/mol. The summed E-state index contributed by atoms with van der Waals surface area (Å²) in [4.78, 5) is 11.7. The molecule has 2 aromatic rings. The summed E-state index contributed by atoms with van der Waals surface area (Å²) < 4.78 is 43.9. The van der Waals surface area contributed by atoms with Gasteiger partial charge in [0.1, 0.15) is 0 Å². The monoisotopic (exact) mass is 408 g/mol. The van der Waals surface area contributed by atoms with Crippen LogP contribution in [0, 0.1) is 6.92 Å². The number of aryl methyl sites for hydroxylation is 1. The highest BCUT2D eigenvalue weighted by Crippen LogP contribution is 2.40. The summed E-state index contributed by atoms with van der Waals surface area (Å²) in [7, 11) is 0.428. The van der Waals surface area contributed by atoms with Gasteiger partial charge in [0.2, 0.25) is 11.7 Å². The Hall–Kier alpha value is -2.94. The third-order valence-electron chi connectivity index (χ3n) is 4.03. The Morgan fingerprint density at radius 2 is 1.61 bits per heavy atom. The lowest BCUT2D eigenvalue weighted by Gasteiger charge is -2.16. The second-order valence-corrected chi connectivity index (χ2v) is 7.58. The van der Waals surface area contributed by atoms with Crippen LogP contribution in [0.2, 0.25) is 0 Å². The van der Waals surface area contributed by atoms with Gasteiger partial charge in [0.05, 0.1) is 31.9 Å². The van der Waals surface area contributed by atoms with Gasteiger partial charge in [-0.25, -0.2) is 8.42 Å². The minimum atomic E-state index is -3.92. The zero-order chi connectivity index (χ0) is 20.9. The van der Waals surface area contributed by atoms with E-state index in [0.717, 1.165) is 5.56 Å². The normalized spacial score (nSPS) is 10.9. The number of carbonyl (C=O) groups excluding carboxylic acids is 1. The summed E-state index contributed by atoms with van der Waals surface area (Å²) in [5.74, 6) is 0.793. The highest BCUT2D eigenvalue weighted by atomic mass is 32.2. The van der Waals surface area contributed by atoms with Gasteiger partial charge in [-0.05, 0) is 24.6 Å². The van der Waals surface area contributed by atoms with Crippen molar-refractivity contribution in [1.29, 1.82) is 0 Å². The van der Waals surface area contributed by atoms with Crippen LogP contribution in [0.5, 0.6) is 17.2 Å². The van der Waals surface area contributed by atoms with Gasteiger partial charge in [0.25, 0.3) is 10.0 Å². The molecule has 0 bridgehead atoms. The van der Waals surface area contributed by atoms with Gasteiger partial charge < -0.3 is 19.5 Å². The molecule has 0 heterocycles. The maximum atomic E-state index is 12.8. The van der Waals surface area contributed by atoms with Crippen molar-refractivity contribution in [2.75, 3.05) is 31.4 Å². The second-order valence-electron chi connectivity index (χ2n) is 5.90. The number of methoxy groups -OCH3 is 3. The Morgan fingerprint density at radius 3 is 2.11 bits per heavy atom. The Kier molecular flexibility index (Phi) is 6.74. The first-order valence-electron chi connectivity index (χ1n) is 8.49. The zero-order valence-corrected chi connectivity index (χ0v) is 17.3. The molecule has 2 aromatic carbocycles. The van der Waals surface area contributed by atoms with E-state index in [1.54, 1.807) is 19.9 Å². The van der Waals surface area contributed by atoms with Crippen molar-refractivity contribution >= 4 is 27.3 Å². The molecule has 0 atom stereocenters. The standard InChI is InChI=1S/C19H24N2O6S/c1-6-18(22)20-15-11-14(8-7-12(15)2)28(23,24)21-13-9-16(25-3)19(27-5)17(10-13)26-4/h7-11,21H,6H2,1-5H3,(H,20,22). The summed E-state index contributed by atoms with van der Waals surface area (Å²) in [6, 6.07) is 7.51. The van der Waals surface area contributed by atoms with Gasteiger partial charge in [0.15, 0.2) is 11.5 Å². The number of ether oxygens (including phenoxy) is 3. The smallest absolute Gasteiger partial charge is 0.261 e. The van der Waals surface area contributed by atoms with Crippen LogP contribution in [0.1, 0.15) is 18.9 Å². The number of carbonyl (C=O) groups is 1. The second kappa shape index (κ2) is 8.83. The molecule has 2 rings (SSSR count). The number of nitrogens with one attached hydrogen (secondary N) is 2. The molecule has 0 aliphatic carbocycles. The molecule has 0 aliphatic heterocycles. The van der Waals surface area contributed by atoms with Gasteiger partial charge in [0, 0.05) is 24.2 Å². The van der Waals surface area contributed by atoms with E-state index in [1.807, 2.05) is 0 Å². The summed E-state index contributed by atoms with van der Waals surface area (Å²) >= 11 is 0. The Morgan fingerprint density at radius 1 is 1.00 bits per heavy atom. The number of rotatable bonds is 8. The largest absolute Gasteiger partial charge is 0.493 e. The van der Waals surface area contributed by atoms with Crippen LogP contribution >= 0.6 is 0 Å². The number of amides is 1. The topological polar surface area (TPSA) is 103 Å². The van der Waals surface area contributed by atoms with E-state index in [9.17, 15) is 13.2 Å². The summed E-state index contributed by atoms with van der Waals surface area (Å²) in [6.07, 6.45) is 0.292. The van der Waals surface area contributed by atoms with Crippen LogP contribution in [-0.4, -0.2) is 35.7 Å². The van der Waals surface area contributed by atoms with E-state index in [4.69, 9.17) is 14.2 Å². The lowest BCUT2D eigenvalue weighted by Crippen LogP contribution is -2.15.